The molecule has 216 valence electrons. The highest BCUT2D eigenvalue weighted by atomic mass is 79.9. The molecule has 0 aliphatic carbocycles. The third kappa shape index (κ3) is 6.09. The number of carbonyl (C=O) groups is 1. The van der Waals surface area contributed by atoms with E-state index in [0.717, 1.165) is 16.7 Å². The van der Waals surface area contributed by atoms with Gasteiger partial charge < -0.3 is 14.2 Å². The molecule has 1 atom stereocenters. The largest absolute Gasteiger partial charge is 0.490 e. The van der Waals surface area contributed by atoms with E-state index in [2.05, 4.69) is 15.9 Å². The Morgan fingerprint density at radius 2 is 1.88 bits per heavy atom. The number of fused-ring (bicyclic) bond motifs is 1. The first-order valence-corrected chi connectivity index (χ1v) is 15.3. The van der Waals surface area contributed by atoms with Crippen molar-refractivity contribution in [1.29, 1.82) is 0 Å². The van der Waals surface area contributed by atoms with Crippen molar-refractivity contribution in [3.63, 3.8) is 0 Å². The van der Waals surface area contributed by atoms with Crippen LogP contribution in [-0.2, 0) is 16.1 Å². The Morgan fingerprint density at radius 1 is 1.10 bits per heavy atom. The van der Waals surface area contributed by atoms with Gasteiger partial charge >= 0.3 is 5.97 Å². The summed E-state index contributed by atoms with van der Waals surface area (Å²) in [5.74, 6) is 0.587. The first-order chi connectivity index (χ1) is 20.3. The van der Waals surface area contributed by atoms with E-state index in [0.29, 0.717) is 61.2 Å². The first kappa shape index (κ1) is 29.8. The Morgan fingerprint density at radius 3 is 2.57 bits per heavy atom. The average Bonchev–Trinajstić information content (AvgIpc) is 3.30. The summed E-state index contributed by atoms with van der Waals surface area (Å²) >= 11 is 11.0. The molecule has 4 aromatic rings. The molecule has 0 fully saturated rings. The fraction of sp³-hybridized carbons (Fsp3) is 0.219. The van der Waals surface area contributed by atoms with E-state index < -0.39 is 12.0 Å². The van der Waals surface area contributed by atoms with Crippen molar-refractivity contribution in [2.75, 3.05) is 13.7 Å². The quantitative estimate of drug-likeness (QED) is 0.199. The molecule has 0 spiro atoms. The molecule has 0 N–H and O–H groups in total. The summed E-state index contributed by atoms with van der Waals surface area (Å²) in [5, 5.41) is 0.635. The SMILES string of the molecule is CCOc1cc(/C=c2/sc3n(c2=O)[C@@H](c2ccccc2)C(C(=O)OC)=C(CC)N=3)cc(Br)c1OCc1cccc(Cl)c1. The van der Waals surface area contributed by atoms with E-state index in [1.54, 1.807) is 10.6 Å². The maximum Gasteiger partial charge on any atom is 0.338 e. The van der Waals surface area contributed by atoms with Crippen molar-refractivity contribution in [2.24, 2.45) is 4.99 Å². The molecule has 0 unspecified atom stereocenters. The molecule has 0 bridgehead atoms. The number of hydrogen-bond donors (Lipinski definition) is 0. The number of aromatic nitrogens is 1. The van der Waals surface area contributed by atoms with Gasteiger partial charge in [-0.05, 0) is 76.3 Å². The molecule has 5 rings (SSSR count). The molecule has 0 saturated carbocycles. The summed E-state index contributed by atoms with van der Waals surface area (Å²) in [5.41, 5.74) is 3.19. The molecular weight excluding hydrogens is 640 g/mol. The van der Waals surface area contributed by atoms with E-state index in [1.165, 1.54) is 18.4 Å². The zero-order valence-corrected chi connectivity index (χ0v) is 26.4. The second kappa shape index (κ2) is 13.1. The first-order valence-electron chi connectivity index (χ1n) is 13.4. The zero-order chi connectivity index (χ0) is 29.8. The number of allylic oxidation sites excluding steroid dienone is 1. The van der Waals surface area contributed by atoms with Gasteiger partial charge in [-0.1, -0.05) is 72.3 Å². The van der Waals surface area contributed by atoms with E-state index in [-0.39, 0.29) is 5.56 Å². The standard InChI is InChI=1S/C32H28BrClN2O5S/c1-4-24-27(31(38)39-3)28(21-11-7-6-8-12-21)36-30(37)26(42-32(36)35-24)17-20-15-23(33)29(25(16-20)40-5-2)41-18-19-10-9-13-22(34)14-19/h6-17,28H,4-5,18H2,1-3H3/b26-17+/t28-/m0/s1. The van der Waals surface area contributed by atoms with Gasteiger partial charge in [-0.3, -0.25) is 9.36 Å². The highest BCUT2D eigenvalue weighted by molar-refractivity contribution is 9.10. The molecule has 3 aromatic carbocycles. The van der Waals surface area contributed by atoms with Gasteiger partial charge in [0.25, 0.3) is 5.56 Å². The number of methoxy groups -OCH3 is 1. The highest BCUT2D eigenvalue weighted by Gasteiger charge is 2.33. The van der Waals surface area contributed by atoms with Gasteiger partial charge in [0, 0.05) is 5.02 Å². The number of halogens is 2. The lowest BCUT2D eigenvalue weighted by molar-refractivity contribution is -0.136. The van der Waals surface area contributed by atoms with Crippen molar-refractivity contribution >= 4 is 50.9 Å². The number of hydrogen-bond acceptors (Lipinski definition) is 7. The second-order valence-corrected chi connectivity index (χ2v) is 11.7. The lowest BCUT2D eigenvalue weighted by atomic mass is 9.95. The van der Waals surface area contributed by atoms with Crippen LogP contribution in [0.5, 0.6) is 11.5 Å². The van der Waals surface area contributed by atoms with E-state index in [4.69, 9.17) is 30.8 Å². The summed E-state index contributed by atoms with van der Waals surface area (Å²) < 4.78 is 19.9. The van der Waals surface area contributed by atoms with Crippen LogP contribution in [0.1, 0.15) is 43.0 Å². The number of rotatable bonds is 9. The van der Waals surface area contributed by atoms with Gasteiger partial charge in [0.05, 0.1) is 40.0 Å². The number of nitrogens with zero attached hydrogens (tertiary/aromatic N) is 2. The maximum atomic E-state index is 13.9. The van der Waals surface area contributed by atoms with Crippen LogP contribution in [0.2, 0.25) is 5.02 Å². The van der Waals surface area contributed by atoms with Crippen molar-refractivity contribution < 1.29 is 19.0 Å². The Bertz CT molecular complexity index is 1850. The molecule has 7 nitrogen and oxygen atoms in total. The fourth-order valence-electron chi connectivity index (χ4n) is 4.82. The van der Waals surface area contributed by atoms with E-state index >= 15 is 0 Å². The van der Waals surface area contributed by atoms with Gasteiger partial charge in [0.15, 0.2) is 16.3 Å². The molecule has 0 saturated heterocycles. The summed E-state index contributed by atoms with van der Waals surface area (Å²) in [6, 6.07) is 20.0. The van der Waals surface area contributed by atoms with Gasteiger partial charge in [-0.2, -0.15) is 0 Å². The van der Waals surface area contributed by atoms with Crippen molar-refractivity contribution in [3.05, 3.63) is 124 Å². The van der Waals surface area contributed by atoms with Crippen LogP contribution in [-0.4, -0.2) is 24.3 Å². The second-order valence-electron chi connectivity index (χ2n) is 9.38. The average molecular weight is 668 g/mol. The predicted octanol–water partition coefficient (Wildman–Crippen LogP) is 6.19. The number of ether oxygens (including phenoxy) is 3. The molecule has 10 heteroatoms. The zero-order valence-electron chi connectivity index (χ0n) is 23.2. The third-order valence-electron chi connectivity index (χ3n) is 6.67. The molecule has 1 aliphatic rings. The summed E-state index contributed by atoms with van der Waals surface area (Å²) in [7, 11) is 1.34. The number of thiazole rings is 1. The minimum absolute atomic E-state index is 0.250. The van der Waals surface area contributed by atoms with Crippen LogP contribution < -0.4 is 24.4 Å². The molecular formula is C32H28BrClN2O5S. The maximum absolute atomic E-state index is 13.9. The smallest absolute Gasteiger partial charge is 0.338 e. The third-order valence-corrected chi connectivity index (χ3v) is 8.47. The van der Waals surface area contributed by atoms with Crippen LogP contribution in [0, 0.1) is 0 Å². The molecule has 42 heavy (non-hydrogen) atoms. The van der Waals surface area contributed by atoms with Gasteiger partial charge in [-0.15, -0.1) is 0 Å². The van der Waals surface area contributed by atoms with Crippen LogP contribution in [0.25, 0.3) is 6.08 Å². The minimum atomic E-state index is -0.653. The summed E-state index contributed by atoms with van der Waals surface area (Å²) in [6.07, 6.45) is 2.31. The Labute approximate surface area is 260 Å². The highest BCUT2D eigenvalue weighted by Crippen LogP contribution is 2.38. The normalized spacial score (nSPS) is 14.8. The number of esters is 1. The molecule has 2 heterocycles. The summed E-state index contributed by atoms with van der Waals surface area (Å²) in [6.45, 7) is 4.56. The van der Waals surface area contributed by atoms with E-state index in [9.17, 15) is 9.59 Å². The van der Waals surface area contributed by atoms with Crippen LogP contribution in [0.15, 0.2) is 92.3 Å². The molecule has 1 aromatic heterocycles. The number of benzene rings is 3. The Kier molecular flexibility index (Phi) is 9.30. The topological polar surface area (TPSA) is 79.1 Å². The number of carbonyl (C=O) groups excluding carboxylic acids is 1. The minimum Gasteiger partial charge on any atom is -0.490 e. The van der Waals surface area contributed by atoms with E-state index in [1.807, 2.05) is 80.6 Å². The lowest BCUT2D eigenvalue weighted by Gasteiger charge is -2.25. The van der Waals surface area contributed by atoms with Crippen molar-refractivity contribution in [1.82, 2.24) is 4.57 Å². The van der Waals surface area contributed by atoms with Crippen LogP contribution in [0.4, 0.5) is 0 Å². The predicted molar refractivity (Wildman–Crippen MR) is 168 cm³/mol. The molecule has 1 aliphatic heterocycles. The van der Waals surface area contributed by atoms with Gasteiger partial charge in [-0.25, -0.2) is 9.79 Å². The lowest BCUT2D eigenvalue weighted by Crippen LogP contribution is -2.40. The summed E-state index contributed by atoms with van der Waals surface area (Å²) in [4.78, 5) is 32.2. The van der Waals surface area contributed by atoms with Crippen LogP contribution in [0.3, 0.4) is 0 Å². The van der Waals surface area contributed by atoms with Crippen molar-refractivity contribution in [2.45, 2.75) is 32.9 Å². The molecule has 0 radical (unpaired) electrons. The Balaban J connectivity index is 1.60. The Hall–Kier alpha value is -3.66. The van der Waals surface area contributed by atoms with Gasteiger partial charge in [0.2, 0.25) is 0 Å². The van der Waals surface area contributed by atoms with Crippen LogP contribution >= 0.6 is 38.9 Å². The molecule has 0 amide bonds. The van der Waals surface area contributed by atoms with Crippen molar-refractivity contribution in [3.8, 4) is 11.5 Å². The monoisotopic (exact) mass is 666 g/mol. The van der Waals surface area contributed by atoms with Gasteiger partial charge in [0.1, 0.15) is 6.61 Å². The fourth-order valence-corrected chi connectivity index (χ4v) is 6.63.